The summed E-state index contributed by atoms with van der Waals surface area (Å²) in [6.07, 6.45) is 1.60. The van der Waals surface area contributed by atoms with Crippen LogP contribution in [-0.2, 0) is 16.9 Å². The van der Waals surface area contributed by atoms with Crippen molar-refractivity contribution in [2.45, 2.75) is 4.90 Å². The van der Waals surface area contributed by atoms with Gasteiger partial charge in [0, 0.05) is 51.4 Å². The van der Waals surface area contributed by atoms with E-state index in [1.807, 2.05) is 0 Å². The third-order valence-corrected chi connectivity index (χ3v) is 7.96. The highest BCUT2D eigenvalue weighted by Crippen LogP contribution is 2.42. The Balaban J connectivity index is 1.40. The van der Waals surface area contributed by atoms with Gasteiger partial charge in [-0.1, -0.05) is 18.2 Å². The number of fused-ring (bicyclic) bond motifs is 1. The number of carbonyl (C=O) groups is 1. The molecule has 0 unspecified atom stereocenters. The number of carbonyl (C=O) groups excluding carboxylic acids is 1. The van der Waals surface area contributed by atoms with E-state index in [1.165, 1.54) is 0 Å². The van der Waals surface area contributed by atoms with Crippen LogP contribution in [0.1, 0.15) is 10.5 Å². The minimum absolute atomic E-state index is 0.0191. The van der Waals surface area contributed by atoms with E-state index in [2.05, 4.69) is 10.00 Å². The topological polar surface area (TPSA) is 95.7 Å². The minimum Gasteiger partial charge on any atom is -0.396 e. The molecule has 0 spiro atoms. The number of nitrogens with zero attached hydrogens (tertiary/aromatic N) is 4. The van der Waals surface area contributed by atoms with Crippen molar-refractivity contribution in [1.82, 2.24) is 19.6 Å². The number of amides is 1. The van der Waals surface area contributed by atoms with E-state index >= 15 is 0 Å². The van der Waals surface area contributed by atoms with Gasteiger partial charge in [-0.15, -0.1) is 0 Å². The molecule has 1 aromatic heterocycles. The maximum atomic E-state index is 12.8. The van der Waals surface area contributed by atoms with Crippen molar-refractivity contribution in [1.29, 1.82) is 0 Å². The van der Waals surface area contributed by atoms with Gasteiger partial charge in [-0.05, 0) is 24.1 Å². The van der Waals surface area contributed by atoms with Gasteiger partial charge in [0.2, 0.25) is 0 Å². The van der Waals surface area contributed by atoms with Crippen molar-refractivity contribution in [3.8, 4) is 0 Å². The fourth-order valence-electron chi connectivity index (χ4n) is 4.58. The van der Waals surface area contributed by atoms with Gasteiger partial charge in [-0.2, -0.15) is 5.10 Å². The molecule has 4 rings (SSSR count). The molecule has 9 heteroatoms. The van der Waals surface area contributed by atoms with Crippen molar-refractivity contribution in [3.63, 3.8) is 0 Å². The predicted molar refractivity (Wildman–Crippen MR) is 107 cm³/mol. The molecule has 1 aromatic carbocycles. The standard InChI is InChI=1S/C20H26N4O4S/c1-22-18(7-8-21-22)19(26)24-12-16-11-23(13-20(16,14-24)15-25)9-10-29(27,28)17-5-3-2-4-6-17/h2-8,16,25H,9-15H2,1H3/t16-,20+/m0/s1. The number of aryl methyl sites for hydroxylation is 1. The summed E-state index contributed by atoms with van der Waals surface area (Å²) in [6.45, 7) is 2.71. The molecule has 2 atom stereocenters. The number of rotatable bonds is 6. The van der Waals surface area contributed by atoms with Crippen molar-refractivity contribution >= 4 is 15.7 Å². The first-order chi connectivity index (χ1) is 13.8. The van der Waals surface area contributed by atoms with E-state index in [9.17, 15) is 18.3 Å². The average Bonchev–Trinajstić information content (AvgIpc) is 3.39. The van der Waals surface area contributed by atoms with Gasteiger partial charge in [0.05, 0.1) is 17.3 Å². The molecule has 2 fully saturated rings. The molecule has 29 heavy (non-hydrogen) atoms. The van der Waals surface area contributed by atoms with E-state index in [0.717, 1.165) is 0 Å². The van der Waals surface area contributed by atoms with Gasteiger partial charge >= 0.3 is 0 Å². The highest BCUT2D eigenvalue weighted by Gasteiger charge is 2.53. The van der Waals surface area contributed by atoms with Gasteiger partial charge in [0.15, 0.2) is 9.84 Å². The highest BCUT2D eigenvalue weighted by molar-refractivity contribution is 7.91. The molecule has 0 bridgehead atoms. The van der Waals surface area contributed by atoms with E-state index in [0.29, 0.717) is 43.3 Å². The zero-order valence-corrected chi connectivity index (χ0v) is 17.3. The summed E-state index contributed by atoms with van der Waals surface area (Å²) < 4.78 is 26.7. The lowest BCUT2D eigenvalue weighted by Gasteiger charge is -2.27. The monoisotopic (exact) mass is 418 g/mol. The lowest BCUT2D eigenvalue weighted by Crippen LogP contribution is -2.40. The second-order valence-corrected chi connectivity index (χ2v) is 10.2. The molecule has 2 aliphatic heterocycles. The van der Waals surface area contributed by atoms with Crippen molar-refractivity contribution in [2.24, 2.45) is 18.4 Å². The van der Waals surface area contributed by atoms with Crippen LogP contribution in [0, 0.1) is 11.3 Å². The number of aliphatic hydroxyl groups is 1. The molecule has 0 aliphatic carbocycles. The van der Waals surface area contributed by atoms with Crippen LogP contribution in [0.25, 0.3) is 0 Å². The number of benzene rings is 1. The first-order valence-electron chi connectivity index (χ1n) is 9.73. The zero-order valence-electron chi connectivity index (χ0n) is 16.4. The van der Waals surface area contributed by atoms with Gasteiger partial charge in [0.25, 0.3) is 5.91 Å². The predicted octanol–water partition coefficient (Wildman–Crippen LogP) is 0.260. The van der Waals surface area contributed by atoms with Gasteiger partial charge < -0.3 is 14.9 Å². The number of sulfone groups is 1. The second-order valence-electron chi connectivity index (χ2n) is 8.11. The quantitative estimate of drug-likeness (QED) is 0.723. The molecular weight excluding hydrogens is 392 g/mol. The lowest BCUT2D eigenvalue weighted by molar-refractivity contribution is 0.0712. The zero-order chi connectivity index (χ0) is 20.6. The van der Waals surface area contributed by atoms with Crippen molar-refractivity contribution < 1.29 is 18.3 Å². The number of likely N-dealkylation sites (tertiary alicyclic amines) is 2. The molecule has 0 radical (unpaired) electrons. The molecule has 1 N–H and O–H groups in total. The van der Waals surface area contributed by atoms with Crippen molar-refractivity contribution in [3.05, 3.63) is 48.3 Å². The smallest absolute Gasteiger partial charge is 0.272 e. The molecule has 2 aromatic rings. The molecular formula is C20H26N4O4S. The fraction of sp³-hybridized carbons (Fsp3) is 0.500. The SMILES string of the molecule is Cn1nccc1C(=O)N1C[C@@H]2CN(CCS(=O)(=O)c3ccccc3)C[C@]2(CO)C1. The number of hydrogen-bond donors (Lipinski definition) is 1. The van der Waals surface area contributed by atoms with Gasteiger partial charge in [-0.3, -0.25) is 9.48 Å². The molecule has 3 heterocycles. The van der Waals surface area contributed by atoms with Crippen LogP contribution in [-0.4, -0.2) is 84.1 Å². The third kappa shape index (κ3) is 3.70. The van der Waals surface area contributed by atoms with E-state index in [4.69, 9.17) is 0 Å². The Kier molecular flexibility index (Phi) is 5.22. The van der Waals surface area contributed by atoms with E-state index < -0.39 is 15.3 Å². The van der Waals surface area contributed by atoms with Crippen LogP contribution in [0.3, 0.4) is 0 Å². The molecule has 8 nitrogen and oxygen atoms in total. The van der Waals surface area contributed by atoms with Crippen LogP contribution in [0.2, 0.25) is 0 Å². The average molecular weight is 419 g/mol. The Morgan fingerprint density at radius 1 is 1.21 bits per heavy atom. The highest BCUT2D eigenvalue weighted by atomic mass is 32.2. The normalized spacial score (nSPS) is 24.8. The summed E-state index contributed by atoms with van der Waals surface area (Å²) in [4.78, 5) is 17.0. The maximum absolute atomic E-state index is 12.8. The van der Waals surface area contributed by atoms with Gasteiger partial charge in [-0.25, -0.2) is 8.42 Å². The molecule has 156 valence electrons. The largest absolute Gasteiger partial charge is 0.396 e. The number of hydrogen-bond acceptors (Lipinski definition) is 6. The summed E-state index contributed by atoms with van der Waals surface area (Å²) in [5.74, 6) is 0.0950. The summed E-state index contributed by atoms with van der Waals surface area (Å²) in [7, 11) is -1.60. The second kappa shape index (κ2) is 7.55. The Morgan fingerprint density at radius 2 is 1.97 bits per heavy atom. The molecule has 2 aliphatic rings. The minimum atomic E-state index is -3.33. The summed E-state index contributed by atoms with van der Waals surface area (Å²) >= 11 is 0. The summed E-state index contributed by atoms with van der Waals surface area (Å²) in [5.41, 5.74) is 0.133. The van der Waals surface area contributed by atoms with Crippen molar-refractivity contribution in [2.75, 3.05) is 45.1 Å². The first-order valence-corrected chi connectivity index (χ1v) is 11.4. The molecule has 1 amide bonds. The van der Waals surface area contributed by atoms with Crippen LogP contribution < -0.4 is 0 Å². The lowest BCUT2D eigenvalue weighted by atomic mass is 9.82. The number of aliphatic hydroxyl groups excluding tert-OH is 1. The Bertz CT molecular complexity index is 991. The Labute approximate surface area is 170 Å². The fourth-order valence-corrected chi connectivity index (χ4v) is 5.89. The van der Waals surface area contributed by atoms with E-state index in [1.54, 1.807) is 59.2 Å². The Morgan fingerprint density at radius 3 is 2.59 bits per heavy atom. The number of aromatic nitrogens is 2. The first kappa shape index (κ1) is 20.1. The van der Waals surface area contributed by atoms with Crippen LogP contribution in [0.4, 0.5) is 0 Å². The Hall–Kier alpha value is -2.23. The molecule has 0 saturated carbocycles. The van der Waals surface area contributed by atoms with Crippen LogP contribution >= 0.6 is 0 Å². The summed E-state index contributed by atoms with van der Waals surface area (Å²) in [5, 5.41) is 14.2. The maximum Gasteiger partial charge on any atom is 0.272 e. The van der Waals surface area contributed by atoms with Crippen LogP contribution in [0.5, 0.6) is 0 Å². The van der Waals surface area contributed by atoms with E-state index in [-0.39, 0.29) is 24.2 Å². The van der Waals surface area contributed by atoms with Gasteiger partial charge in [0.1, 0.15) is 5.69 Å². The third-order valence-electron chi connectivity index (χ3n) is 6.25. The molecule has 2 saturated heterocycles. The van der Waals surface area contributed by atoms with Crippen LogP contribution in [0.15, 0.2) is 47.5 Å². The summed E-state index contributed by atoms with van der Waals surface area (Å²) in [6, 6.07) is 10.2.